The van der Waals surface area contributed by atoms with Crippen LogP contribution < -0.4 is 5.32 Å². The molecule has 0 unspecified atom stereocenters. The first-order valence-corrected chi connectivity index (χ1v) is 9.08. The molecule has 0 aliphatic rings. The highest BCUT2D eigenvalue weighted by molar-refractivity contribution is 5.50. The van der Waals surface area contributed by atoms with E-state index in [2.05, 4.69) is 10.4 Å². The molecule has 3 nitrogen and oxygen atoms in total. The van der Waals surface area contributed by atoms with Gasteiger partial charge in [-0.05, 0) is 49.7 Å². The topological polar surface area (TPSA) is 29.9 Å². The lowest BCUT2D eigenvalue weighted by molar-refractivity contribution is -0.141. The second-order valence-electron chi connectivity index (χ2n) is 6.14. The van der Waals surface area contributed by atoms with Crippen LogP contribution in [-0.4, -0.2) is 9.78 Å². The van der Waals surface area contributed by atoms with Gasteiger partial charge in [-0.1, -0.05) is 26.0 Å². The molecule has 0 bridgehead atoms. The van der Waals surface area contributed by atoms with Gasteiger partial charge in [-0.2, -0.15) is 18.3 Å². The number of aryl methyl sites for hydroxylation is 2. The van der Waals surface area contributed by atoms with Crippen LogP contribution in [0, 0.1) is 25.5 Å². The van der Waals surface area contributed by atoms with E-state index in [4.69, 9.17) is 0 Å². The van der Waals surface area contributed by atoms with Gasteiger partial charge in [0.25, 0.3) is 0 Å². The number of nitrogens with zero attached hydrogens (tertiary/aromatic N) is 2. The Bertz CT molecular complexity index is 957. The molecule has 156 valence electrons. The Morgan fingerprint density at radius 3 is 2.21 bits per heavy atom. The molecule has 2 aromatic carbocycles. The molecular weight excluding hydrogens is 389 g/mol. The van der Waals surface area contributed by atoms with Crippen LogP contribution in [0.2, 0.25) is 0 Å². The summed E-state index contributed by atoms with van der Waals surface area (Å²) >= 11 is 0. The second kappa shape index (κ2) is 9.07. The monoisotopic (exact) mass is 411 g/mol. The van der Waals surface area contributed by atoms with Crippen LogP contribution in [0.1, 0.15) is 36.4 Å². The fourth-order valence-corrected chi connectivity index (χ4v) is 2.73. The lowest BCUT2D eigenvalue weighted by atomic mass is 10.1. The van der Waals surface area contributed by atoms with E-state index in [0.29, 0.717) is 11.3 Å². The Labute approximate surface area is 166 Å². The van der Waals surface area contributed by atoms with Crippen molar-refractivity contribution in [2.24, 2.45) is 0 Å². The Morgan fingerprint density at radius 2 is 1.66 bits per heavy atom. The molecule has 0 aliphatic heterocycles. The Morgan fingerprint density at radius 1 is 0.966 bits per heavy atom. The summed E-state index contributed by atoms with van der Waals surface area (Å²) in [5.74, 6) is -1.11. The molecule has 0 saturated carbocycles. The summed E-state index contributed by atoms with van der Waals surface area (Å²) in [5, 5.41) is 6.36. The van der Waals surface area contributed by atoms with E-state index in [9.17, 15) is 22.0 Å². The molecule has 3 aromatic rings. The summed E-state index contributed by atoms with van der Waals surface area (Å²) in [7, 11) is 0. The first-order chi connectivity index (χ1) is 13.7. The number of alkyl halides is 3. The molecule has 1 aromatic heterocycles. The van der Waals surface area contributed by atoms with E-state index in [1.807, 2.05) is 13.8 Å². The second-order valence-corrected chi connectivity index (χ2v) is 6.14. The Balaban J connectivity index is 0.00000145. The first-order valence-electron chi connectivity index (χ1n) is 9.08. The van der Waals surface area contributed by atoms with Crippen LogP contribution in [0.5, 0.6) is 0 Å². The molecule has 0 fully saturated rings. The van der Waals surface area contributed by atoms with Gasteiger partial charge in [0.1, 0.15) is 11.5 Å². The zero-order chi connectivity index (χ0) is 21.8. The molecule has 3 rings (SSSR count). The zero-order valence-electron chi connectivity index (χ0n) is 16.5. The third kappa shape index (κ3) is 5.13. The molecule has 0 aliphatic carbocycles. The molecular formula is C21H22F5N3. The Kier molecular flexibility index (Phi) is 7.00. The van der Waals surface area contributed by atoms with E-state index in [-0.39, 0.29) is 23.7 Å². The van der Waals surface area contributed by atoms with Crippen LogP contribution in [0.3, 0.4) is 0 Å². The normalized spacial score (nSPS) is 11.1. The van der Waals surface area contributed by atoms with Crippen LogP contribution in [0.15, 0.2) is 42.5 Å². The van der Waals surface area contributed by atoms with Crippen LogP contribution in [0.4, 0.5) is 27.6 Å². The van der Waals surface area contributed by atoms with Gasteiger partial charge in [-0.3, -0.25) is 0 Å². The lowest BCUT2D eigenvalue weighted by Gasteiger charge is -2.12. The van der Waals surface area contributed by atoms with Crippen molar-refractivity contribution in [2.45, 2.75) is 40.4 Å². The van der Waals surface area contributed by atoms with Crippen molar-refractivity contribution < 1.29 is 22.0 Å². The summed E-state index contributed by atoms with van der Waals surface area (Å²) in [4.78, 5) is 0. The van der Waals surface area contributed by atoms with Gasteiger partial charge in [0.2, 0.25) is 0 Å². The summed E-state index contributed by atoms with van der Waals surface area (Å²) in [6.07, 6.45) is -4.61. The number of anilines is 1. The minimum Gasteiger partial charge on any atom is -0.381 e. The molecule has 1 N–H and O–H groups in total. The minimum atomic E-state index is -4.61. The predicted molar refractivity (Wildman–Crippen MR) is 103 cm³/mol. The van der Waals surface area contributed by atoms with Gasteiger partial charge in [-0.25, -0.2) is 13.5 Å². The smallest absolute Gasteiger partial charge is 0.381 e. The third-order valence-corrected chi connectivity index (χ3v) is 4.18. The molecule has 0 amide bonds. The number of aromatic nitrogens is 2. The third-order valence-electron chi connectivity index (χ3n) is 4.18. The van der Waals surface area contributed by atoms with E-state index in [0.717, 1.165) is 22.4 Å². The van der Waals surface area contributed by atoms with Crippen LogP contribution in [0.25, 0.3) is 5.69 Å². The van der Waals surface area contributed by atoms with Gasteiger partial charge in [-0.15, -0.1) is 0 Å². The fraction of sp³-hybridized carbons (Fsp3) is 0.286. The summed E-state index contributed by atoms with van der Waals surface area (Å²) in [5.41, 5.74) is 0.557. The number of benzene rings is 2. The van der Waals surface area contributed by atoms with Crippen molar-refractivity contribution >= 4 is 5.69 Å². The van der Waals surface area contributed by atoms with E-state index >= 15 is 0 Å². The SMILES string of the molecule is CC.Cc1cccc(F)c1CNc1ccc(-n2nc(C(F)(F)F)cc2C)c(F)c1. The minimum absolute atomic E-state index is 0.101. The zero-order valence-corrected chi connectivity index (χ0v) is 16.5. The molecule has 8 heteroatoms. The quantitative estimate of drug-likeness (QED) is 0.502. The molecule has 0 spiro atoms. The highest BCUT2D eigenvalue weighted by atomic mass is 19.4. The number of hydrogen-bond donors (Lipinski definition) is 1. The van der Waals surface area contributed by atoms with Crippen LogP contribution >= 0.6 is 0 Å². The van der Waals surface area contributed by atoms with E-state index in [1.165, 1.54) is 25.1 Å². The molecule has 1 heterocycles. The van der Waals surface area contributed by atoms with Crippen molar-refractivity contribution in [3.05, 3.63) is 76.6 Å². The predicted octanol–water partition coefficient (Wildman–Crippen LogP) is 6.42. The maximum atomic E-state index is 14.4. The Hall–Kier alpha value is -2.90. The maximum Gasteiger partial charge on any atom is 0.435 e. The summed E-state index contributed by atoms with van der Waals surface area (Å²) < 4.78 is 67.5. The van der Waals surface area contributed by atoms with Gasteiger partial charge >= 0.3 is 6.18 Å². The van der Waals surface area contributed by atoms with Crippen molar-refractivity contribution in [3.63, 3.8) is 0 Å². The van der Waals surface area contributed by atoms with Crippen molar-refractivity contribution in [2.75, 3.05) is 5.32 Å². The molecule has 29 heavy (non-hydrogen) atoms. The largest absolute Gasteiger partial charge is 0.435 e. The van der Waals surface area contributed by atoms with Crippen molar-refractivity contribution in [1.29, 1.82) is 0 Å². The van der Waals surface area contributed by atoms with Crippen LogP contribution in [-0.2, 0) is 12.7 Å². The average molecular weight is 411 g/mol. The number of halogens is 5. The fourth-order valence-electron chi connectivity index (χ4n) is 2.73. The lowest BCUT2D eigenvalue weighted by Crippen LogP contribution is -2.09. The van der Waals surface area contributed by atoms with Crippen molar-refractivity contribution in [1.82, 2.24) is 9.78 Å². The summed E-state index contributed by atoms with van der Waals surface area (Å²) in [6.45, 7) is 7.33. The highest BCUT2D eigenvalue weighted by Crippen LogP contribution is 2.30. The number of hydrogen-bond acceptors (Lipinski definition) is 2. The van der Waals surface area contributed by atoms with Gasteiger partial charge in [0.15, 0.2) is 11.5 Å². The highest BCUT2D eigenvalue weighted by Gasteiger charge is 2.34. The van der Waals surface area contributed by atoms with E-state index in [1.54, 1.807) is 19.1 Å². The van der Waals surface area contributed by atoms with Gasteiger partial charge < -0.3 is 5.32 Å². The van der Waals surface area contributed by atoms with Gasteiger partial charge in [0.05, 0.1) is 0 Å². The number of rotatable bonds is 4. The molecule has 0 atom stereocenters. The first kappa shape index (κ1) is 22.4. The van der Waals surface area contributed by atoms with Crippen molar-refractivity contribution in [3.8, 4) is 5.69 Å². The maximum absolute atomic E-state index is 14.4. The number of nitrogens with one attached hydrogen (secondary N) is 1. The van der Waals surface area contributed by atoms with Gasteiger partial charge in [0, 0.05) is 23.5 Å². The van der Waals surface area contributed by atoms with E-state index < -0.39 is 17.7 Å². The standard InChI is InChI=1S/C19H16F5N3.C2H6/c1-11-4-3-5-15(20)14(11)10-25-13-6-7-17(16(21)9-13)27-12(2)8-18(26-27)19(22,23)24;1-2/h3-9,25H,10H2,1-2H3;1-2H3. The molecule has 0 radical (unpaired) electrons. The molecule has 0 saturated heterocycles. The average Bonchev–Trinajstić information content (AvgIpc) is 3.05. The summed E-state index contributed by atoms with van der Waals surface area (Å²) in [6, 6.07) is 9.53.